The SMILES string of the molecule is CCCOc1ccc2c(c1)CCC(c1ccc3cc(CC)ccc3c1F)C2. The van der Waals surface area contributed by atoms with E-state index < -0.39 is 0 Å². The van der Waals surface area contributed by atoms with Crippen LogP contribution in [0, 0.1) is 5.82 Å². The van der Waals surface area contributed by atoms with Gasteiger partial charge in [0.2, 0.25) is 0 Å². The predicted molar refractivity (Wildman–Crippen MR) is 110 cm³/mol. The van der Waals surface area contributed by atoms with Crippen LogP contribution in [0.2, 0.25) is 0 Å². The Kier molecular flexibility index (Phi) is 5.15. The Balaban J connectivity index is 1.61. The standard InChI is InChI=1S/C25H27FO/c1-3-13-27-22-10-8-18-15-21(7-6-19(18)16-22)24-12-9-20-14-17(4-2)5-11-23(20)25(24)26/h5,8-12,14,16,21H,3-4,6-7,13,15H2,1-2H3. The molecular formula is C25H27FO. The van der Waals surface area contributed by atoms with Gasteiger partial charge in [0.25, 0.3) is 0 Å². The number of benzene rings is 3. The smallest absolute Gasteiger partial charge is 0.134 e. The van der Waals surface area contributed by atoms with Gasteiger partial charge in [-0.05, 0) is 77.8 Å². The van der Waals surface area contributed by atoms with Crippen molar-refractivity contribution in [2.24, 2.45) is 0 Å². The highest BCUT2D eigenvalue weighted by atomic mass is 19.1. The maximum absolute atomic E-state index is 15.2. The van der Waals surface area contributed by atoms with Crippen molar-refractivity contribution in [1.82, 2.24) is 0 Å². The van der Waals surface area contributed by atoms with E-state index in [0.29, 0.717) is 0 Å². The highest BCUT2D eigenvalue weighted by Gasteiger charge is 2.23. The molecule has 0 spiro atoms. The first-order chi connectivity index (χ1) is 13.2. The number of aryl methyl sites for hydroxylation is 2. The Bertz CT molecular complexity index is 960. The molecule has 3 aromatic rings. The summed E-state index contributed by atoms with van der Waals surface area (Å²) in [5.74, 6) is 1.17. The predicted octanol–water partition coefficient (Wildman–Crippen LogP) is 6.60. The van der Waals surface area contributed by atoms with E-state index in [0.717, 1.165) is 60.8 Å². The molecule has 0 aromatic heterocycles. The summed E-state index contributed by atoms with van der Waals surface area (Å²) in [6.45, 7) is 5.00. The zero-order valence-electron chi connectivity index (χ0n) is 16.2. The molecule has 2 heteroatoms. The van der Waals surface area contributed by atoms with Gasteiger partial charge in [-0.3, -0.25) is 0 Å². The summed E-state index contributed by atoms with van der Waals surface area (Å²) in [5.41, 5.74) is 4.80. The van der Waals surface area contributed by atoms with Crippen LogP contribution >= 0.6 is 0 Å². The first-order valence-corrected chi connectivity index (χ1v) is 10.1. The maximum atomic E-state index is 15.2. The second-order valence-electron chi connectivity index (χ2n) is 7.60. The van der Waals surface area contributed by atoms with Gasteiger partial charge in [0.15, 0.2) is 0 Å². The Morgan fingerprint density at radius 2 is 1.89 bits per heavy atom. The van der Waals surface area contributed by atoms with Gasteiger partial charge >= 0.3 is 0 Å². The number of ether oxygens (including phenoxy) is 1. The van der Waals surface area contributed by atoms with Crippen molar-refractivity contribution in [3.63, 3.8) is 0 Å². The van der Waals surface area contributed by atoms with Crippen LogP contribution < -0.4 is 4.74 Å². The zero-order chi connectivity index (χ0) is 18.8. The van der Waals surface area contributed by atoms with Crippen molar-refractivity contribution in [2.75, 3.05) is 6.61 Å². The lowest BCUT2D eigenvalue weighted by Crippen LogP contribution is -2.14. The summed E-state index contributed by atoms with van der Waals surface area (Å²) >= 11 is 0. The molecule has 0 aliphatic heterocycles. The maximum Gasteiger partial charge on any atom is 0.134 e. The Morgan fingerprint density at radius 1 is 1.00 bits per heavy atom. The van der Waals surface area contributed by atoms with E-state index in [2.05, 4.69) is 44.2 Å². The lowest BCUT2D eigenvalue weighted by atomic mass is 9.79. The molecule has 1 nitrogen and oxygen atoms in total. The summed E-state index contributed by atoms with van der Waals surface area (Å²) < 4.78 is 21.0. The molecule has 1 unspecified atom stereocenters. The van der Waals surface area contributed by atoms with Crippen molar-refractivity contribution < 1.29 is 9.13 Å². The largest absolute Gasteiger partial charge is 0.494 e. The minimum absolute atomic E-state index is 0.0356. The average Bonchev–Trinajstić information content (AvgIpc) is 2.71. The van der Waals surface area contributed by atoms with Gasteiger partial charge in [-0.2, -0.15) is 0 Å². The number of fused-ring (bicyclic) bond motifs is 2. The molecule has 0 fully saturated rings. The third-order valence-electron chi connectivity index (χ3n) is 5.78. The lowest BCUT2D eigenvalue weighted by Gasteiger charge is -2.26. The van der Waals surface area contributed by atoms with E-state index in [-0.39, 0.29) is 11.7 Å². The van der Waals surface area contributed by atoms with E-state index in [9.17, 15) is 0 Å². The van der Waals surface area contributed by atoms with Gasteiger partial charge in [-0.1, -0.05) is 50.2 Å². The molecule has 4 rings (SSSR count). The molecule has 3 aromatic carbocycles. The molecule has 1 aliphatic carbocycles. The van der Waals surface area contributed by atoms with E-state index >= 15 is 4.39 Å². The van der Waals surface area contributed by atoms with Gasteiger partial charge < -0.3 is 4.74 Å². The quantitative estimate of drug-likeness (QED) is 0.497. The second kappa shape index (κ2) is 7.72. The molecule has 0 bridgehead atoms. The monoisotopic (exact) mass is 362 g/mol. The van der Waals surface area contributed by atoms with Gasteiger partial charge in [0.1, 0.15) is 11.6 Å². The highest BCUT2D eigenvalue weighted by molar-refractivity contribution is 5.84. The molecule has 0 heterocycles. The Morgan fingerprint density at radius 3 is 2.70 bits per heavy atom. The lowest BCUT2D eigenvalue weighted by molar-refractivity contribution is 0.316. The van der Waals surface area contributed by atoms with Crippen LogP contribution in [-0.2, 0) is 19.3 Å². The number of hydrogen-bond donors (Lipinski definition) is 0. The fourth-order valence-electron chi connectivity index (χ4n) is 4.20. The number of hydrogen-bond acceptors (Lipinski definition) is 1. The van der Waals surface area contributed by atoms with Crippen molar-refractivity contribution in [3.05, 3.63) is 76.6 Å². The number of rotatable bonds is 5. The number of halogens is 1. The summed E-state index contributed by atoms with van der Waals surface area (Å²) in [6.07, 6.45) is 4.86. The fourth-order valence-corrected chi connectivity index (χ4v) is 4.20. The zero-order valence-corrected chi connectivity index (χ0v) is 16.2. The summed E-state index contributed by atoms with van der Waals surface area (Å²) in [7, 11) is 0. The second-order valence-corrected chi connectivity index (χ2v) is 7.60. The molecule has 0 saturated heterocycles. The molecule has 0 N–H and O–H groups in total. The topological polar surface area (TPSA) is 9.23 Å². The van der Waals surface area contributed by atoms with Crippen molar-refractivity contribution in [2.45, 2.75) is 51.9 Å². The average molecular weight is 362 g/mol. The van der Waals surface area contributed by atoms with Gasteiger partial charge in [0, 0.05) is 5.39 Å². The van der Waals surface area contributed by atoms with E-state index in [1.165, 1.54) is 16.7 Å². The van der Waals surface area contributed by atoms with Crippen LogP contribution in [0.4, 0.5) is 4.39 Å². The molecule has 27 heavy (non-hydrogen) atoms. The summed E-state index contributed by atoms with van der Waals surface area (Å²) in [5, 5.41) is 1.75. The van der Waals surface area contributed by atoms with Crippen LogP contribution in [0.25, 0.3) is 10.8 Å². The third kappa shape index (κ3) is 3.58. The van der Waals surface area contributed by atoms with Crippen molar-refractivity contribution in [3.8, 4) is 5.75 Å². The van der Waals surface area contributed by atoms with Crippen LogP contribution in [-0.4, -0.2) is 6.61 Å². The molecular weight excluding hydrogens is 335 g/mol. The van der Waals surface area contributed by atoms with Crippen molar-refractivity contribution in [1.29, 1.82) is 0 Å². The summed E-state index contributed by atoms with van der Waals surface area (Å²) in [6, 6.07) is 16.6. The normalized spacial score (nSPS) is 16.3. The van der Waals surface area contributed by atoms with Crippen LogP contribution in [0.3, 0.4) is 0 Å². The molecule has 1 aliphatic rings. The molecule has 0 radical (unpaired) electrons. The summed E-state index contributed by atoms with van der Waals surface area (Å²) in [4.78, 5) is 0. The van der Waals surface area contributed by atoms with Crippen molar-refractivity contribution >= 4 is 10.8 Å². The Hall–Kier alpha value is -2.35. The van der Waals surface area contributed by atoms with Gasteiger partial charge in [-0.15, -0.1) is 0 Å². The minimum atomic E-state index is -0.0356. The Labute approximate surface area is 161 Å². The molecule has 0 saturated carbocycles. The van der Waals surface area contributed by atoms with Gasteiger partial charge in [-0.25, -0.2) is 4.39 Å². The van der Waals surface area contributed by atoms with E-state index in [1.807, 2.05) is 18.2 Å². The van der Waals surface area contributed by atoms with Crippen LogP contribution in [0.5, 0.6) is 5.75 Å². The van der Waals surface area contributed by atoms with Crippen LogP contribution in [0.15, 0.2) is 48.5 Å². The molecule has 1 atom stereocenters. The fraction of sp³-hybridized carbons (Fsp3) is 0.360. The van der Waals surface area contributed by atoms with Gasteiger partial charge in [0.05, 0.1) is 6.61 Å². The first kappa shape index (κ1) is 18.0. The van der Waals surface area contributed by atoms with Crippen LogP contribution in [0.1, 0.15) is 54.9 Å². The molecule has 140 valence electrons. The molecule has 0 amide bonds. The third-order valence-corrected chi connectivity index (χ3v) is 5.78. The van der Waals surface area contributed by atoms with E-state index in [1.54, 1.807) is 0 Å². The first-order valence-electron chi connectivity index (χ1n) is 10.1. The van der Waals surface area contributed by atoms with E-state index in [4.69, 9.17) is 4.74 Å². The minimum Gasteiger partial charge on any atom is -0.494 e. The highest BCUT2D eigenvalue weighted by Crippen LogP contribution is 2.37.